The number of pyridine rings is 1. The molecule has 4 nitrogen and oxygen atoms in total. The summed E-state index contributed by atoms with van der Waals surface area (Å²) in [6, 6.07) is 0. The van der Waals surface area contributed by atoms with Crippen LogP contribution in [0.4, 0.5) is 0 Å². The van der Waals surface area contributed by atoms with Crippen LogP contribution in [0.3, 0.4) is 0 Å². The van der Waals surface area contributed by atoms with Gasteiger partial charge in [0.15, 0.2) is 10.9 Å². The van der Waals surface area contributed by atoms with Gasteiger partial charge in [0.05, 0.1) is 7.11 Å². The first-order valence-corrected chi connectivity index (χ1v) is 4.44. The normalized spacial score (nSPS) is 10.0. The maximum Gasteiger partial charge on any atom is 0.342 e. The molecule has 0 aliphatic heterocycles. The Hall–Kier alpha value is -0.710. The molecule has 0 aliphatic rings. The Morgan fingerprint density at radius 3 is 2.36 bits per heavy atom. The molecule has 0 aromatic carbocycles. The minimum Gasteiger partial charge on any atom is -0.494 e. The first-order valence-electron chi connectivity index (χ1n) is 3.30. The van der Waals surface area contributed by atoms with Crippen LogP contribution in [0.1, 0.15) is 10.4 Å². The Kier molecular flexibility index (Phi) is 3.42. The van der Waals surface area contributed by atoms with Gasteiger partial charge in [-0.05, 0) is 0 Å². The van der Waals surface area contributed by atoms with E-state index in [2.05, 4.69) is 4.98 Å². The Labute approximate surface area is 94.4 Å². The molecule has 0 aliphatic carbocycles. The van der Waals surface area contributed by atoms with Crippen LogP contribution in [0.5, 0.6) is 5.75 Å². The second kappa shape index (κ2) is 4.21. The van der Waals surface area contributed by atoms with Crippen molar-refractivity contribution in [2.75, 3.05) is 7.11 Å². The molecule has 1 N–H and O–H groups in total. The van der Waals surface area contributed by atoms with E-state index in [0.29, 0.717) is 0 Å². The van der Waals surface area contributed by atoms with E-state index in [9.17, 15) is 4.79 Å². The molecular weight excluding hydrogens is 252 g/mol. The van der Waals surface area contributed by atoms with Crippen LogP contribution in [-0.2, 0) is 0 Å². The molecule has 7 heteroatoms. The quantitative estimate of drug-likeness (QED) is 0.827. The van der Waals surface area contributed by atoms with E-state index >= 15 is 0 Å². The molecule has 1 heterocycles. The molecule has 0 saturated heterocycles. The minimum absolute atomic E-state index is 0.0732. The Morgan fingerprint density at radius 1 is 1.36 bits per heavy atom. The lowest BCUT2D eigenvalue weighted by molar-refractivity contribution is 0.0693. The third kappa shape index (κ3) is 1.87. The third-order valence-electron chi connectivity index (χ3n) is 1.43. The molecule has 0 fully saturated rings. The highest BCUT2D eigenvalue weighted by atomic mass is 35.5. The number of ether oxygens (including phenoxy) is 1. The summed E-state index contributed by atoms with van der Waals surface area (Å²) >= 11 is 16.8. The molecule has 0 atom stereocenters. The summed E-state index contributed by atoms with van der Waals surface area (Å²) in [5, 5.41) is 8.35. The van der Waals surface area contributed by atoms with Gasteiger partial charge in [-0.25, -0.2) is 9.78 Å². The molecule has 0 spiro atoms. The summed E-state index contributed by atoms with van der Waals surface area (Å²) in [4.78, 5) is 14.3. The molecule has 0 radical (unpaired) electrons. The maximum atomic E-state index is 10.8. The molecule has 14 heavy (non-hydrogen) atoms. The fraction of sp³-hybridized carbons (Fsp3) is 0.143. The van der Waals surface area contributed by atoms with Crippen molar-refractivity contribution in [1.82, 2.24) is 4.98 Å². The van der Waals surface area contributed by atoms with Gasteiger partial charge < -0.3 is 9.84 Å². The van der Waals surface area contributed by atoms with E-state index in [4.69, 9.17) is 44.6 Å². The van der Waals surface area contributed by atoms with Crippen LogP contribution in [0, 0.1) is 0 Å². The van der Waals surface area contributed by atoms with Crippen molar-refractivity contribution in [2.24, 2.45) is 0 Å². The molecular formula is C7H4Cl3NO3. The molecule has 1 aromatic rings. The SMILES string of the molecule is COc1c(Cl)c(Cl)nc(Cl)c1C(=O)O. The van der Waals surface area contributed by atoms with Crippen LogP contribution in [-0.4, -0.2) is 23.2 Å². The predicted molar refractivity (Wildman–Crippen MR) is 52.8 cm³/mol. The second-order valence-electron chi connectivity index (χ2n) is 2.22. The second-order valence-corrected chi connectivity index (χ2v) is 3.31. The fourth-order valence-electron chi connectivity index (χ4n) is 0.865. The summed E-state index contributed by atoms with van der Waals surface area (Å²) in [7, 11) is 1.26. The van der Waals surface area contributed by atoms with Gasteiger partial charge in [0.1, 0.15) is 15.7 Å². The van der Waals surface area contributed by atoms with Crippen molar-refractivity contribution in [2.45, 2.75) is 0 Å². The average Bonchev–Trinajstić information content (AvgIpc) is 2.09. The number of carboxylic acids is 1. The molecule has 0 saturated carbocycles. The predicted octanol–water partition coefficient (Wildman–Crippen LogP) is 2.75. The van der Waals surface area contributed by atoms with Crippen molar-refractivity contribution in [1.29, 1.82) is 0 Å². The highest BCUT2D eigenvalue weighted by molar-refractivity contribution is 6.43. The number of rotatable bonds is 2. The Morgan fingerprint density at radius 2 is 1.93 bits per heavy atom. The van der Waals surface area contributed by atoms with E-state index < -0.39 is 5.97 Å². The first-order chi connectivity index (χ1) is 6.49. The Balaban J connectivity index is 3.55. The van der Waals surface area contributed by atoms with Crippen LogP contribution >= 0.6 is 34.8 Å². The topological polar surface area (TPSA) is 59.4 Å². The van der Waals surface area contributed by atoms with Gasteiger partial charge >= 0.3 is 5.97 Å². The van der Waals surface area contributed by atoms with Gasteiger partial charge in [-0.2, -0.15) is 0 Å². The molecule has 0 unspecified atom stereocenters. The van der Waals surface area contributed by atoms with Crippen LogP contribution < -0.4 is 4.74 Å². The van der Waals surface area contributed by atoms with Crippen molar-refractivity contribution in [3.05, 3.63) is 20.9 Å². The van der Waals surface area contributed by atoms with Crippen LogP contribution in [0.15, 0.2) is 0 Å². The number of aromatic carboxylic acids is 1. The van der Waals surface area contributed by atoms with Crippen molar-refractivity contribution in [3.8, 4) is 5.75 Å². The summed E-state index contributed by atoms with van der Waals surface area (Å²) in [6.45, 7) is 0. The van der Waals surface area contributed by atoms with Crippen molar-refractivity contribution in [3.63, 3.8) is 0 Å². The number of halogens is 3. The molecule has 1 rings (SSSR count). The maximum absolute atomic E-state index is 10.8. The summed E-state index contributed by atoms with van der Waals surface area (Å²) < 4.78 is 4.78. The smallest absolute Gasteiger partial charge is 0.342 e. The van der Waals surface area contributed by atoms with Gasteiger partial charge in [-0.15, -0.1) is 0 Å². The van der Waals surface area contributed by atoms with Gasteiger partial charge in [-0.1, -0.05) is 34.8 Å². The zero-order valence-electron chi connectivity index (χ0n) is 6.84. The van der Waals surface area contributed by atoms with Gasteiger partial charge in [0.2, 0.25) is 0 Å². The lowest BCUT2D eigenvalue weighted by atomic mass is 10.2. The minimum atomic E-state index is -1.28. The number of carbonyl (C=O) groups is 1. The zero-order valence-corrected chi connectivity index (χ0v) is 9.11. The Bertz CT molecular complexity index is 394. The molecule has 76 valence electrons. The average molecular weight is 256 g/mol. The number of hydrogen-bond donors (Lipinski definition) is 1. The van der Waals surface area contributed by atoms with Crippen LogP contribution in [0.2, 0.25) is 15.3 Å². The number of methoxy groups -OCH3 is 1. The number of aromatic nitrogens is 1. The molecule has 0 bridgehead atoms. The van der Waals surface area contributed by atoms with E-state index in [1.807, 2.05) is 0 Å². The zero-order chi connectivity index (χ0) is 10.9. The largest absolute Gasteiger partial charge is 0.494 e. The van der Waals surface area contributed by atoms with E-state index in [1.165, 1.54) is 7.11 Å². The molecule has 1 aromatic heterocycles. The number of carboxylic acid groups (broad SMARTS) is 1. The standard InChI is InChI=1S/C7H4Cl3NO3/c1-14-4-2(7(12)13)5(9)11-6(10)3(4)8/h1H3,(H,12,13). The highest BCUT2D eigenvalue weighted by Gasteiger charge is 2.22. The summed E-state index contributed by atoms with van der Waals surface area (Å²) in [5.74, 6) is -1.37. The van der Waals surface area contributed by atoms with E-state index in [0.717, 1.165) is 0 Å². The summed E-state index contributed by atoms with van der Waals surface area (Å²) in [6.07, 6.45) is 0. The van der Waals surface area contributed by atoms with Gasteiger partial charge in [0.25, 0.3) is 0 Å². The van der Waals surface area contributed by atoms with Crippen molar-refractivity contribution >= 4 is 40.8 Å². The fourth-order valence-corrected chi connectivity index (χ4v) is 1.54. The third-order valence-corrected chi connectivity index (χ3v) is 2.42. The number of hydrogen-bond acceptors (Lipinski definition) is 3. The van der Waals surface area contributed by atoms with Crippen molar-refractivity contribution < 1.29 is 14.6 Å². The van der Waals surface area contributed by atoms with E-state index in [-0.39, 0.29) is 26.6 Å². The highest BCUT2D eigenvalue weighted by Crippen LogP contribution is 2.37. The lowest BCUT2D eigenvalue weighted by Crippen LogP contribution is -2.04. The summed E-state index contributed by atoms with van der Waals surface area (Å²) in [5.41, 5.74) is -0.302. The van der Waals surface area contributed by atoms with Gasteiger partial charge in [0, 0.05) is 0 Å². The van der Waals surface area contributed by atoms with Gasteiger partial charge in [-0.3, -0.25) is 0 Å². The number of nitrogens with zero attached hydrogens (tertiary/aromatic N) is 1. The monoisotopic (exact) mass is 255 g/mol. The van der Waals surface area contributed by atoms with Crippen LogP contribution in [0.25, 0.3) is 0 Å². The van der Waals surface area contributed by atoms with E-state index in [1.54, 1.807) is 0 Å². The lowest BCUT2D eigenvalue weighted by Gasteiger charge is -2.08. The molecule has 0 amide bonds. The first kappa shape index (κ1) is 11.4.